The maximum Gasteiger partial charge on any atom is 0.303 e. The molecule has 1 aromatic heterocycles. The Kier molecular flexibility index (Phi) is 4.86. The Bertz CT molecular complexity index is 669. The van der Waals surface area contributed by atoms with Crippen LogP contribution in [0.4, 0.5) is 11.8 Å². The van der Waals surface area contributed by atoms with Crippen molar-refractivity contribution in [1.29, 1.82) is 0 Å². The number of nitrogens with zero attached hydrogens (tertiary/aromatic N) is 4. The van der Waals surface area contributed by atoms with E-state index in [2.05, 4.69) is 9.97 Å². The molecule has 3 rings (SSSR count). The largest absolute Gasteiger partial charge is 0.456 e. The van der Waals surface area contributed by atoms with Crippen LogP contribution in [-0.4, -0.2) is 60.8 Å². The fraction of sp³-hybridized carbons (Fsp3) is 0.600. The fourth-order valence-electron chi connectivity index (χ4n) is 2.84. The van der Waals surface area contributed by atoms with Gasteiger partial charge in [0, 0.05) is 25.6 Å². The minimum Gasteiger partial charge on any atom is -0.456 e. The zero-order chi connectivity index (χ0) is 17.3. The van der Waals surface area contributed by atoms with Crippen molar-refractivity contribution in [3.63, 3.8) is 0 Å². The van der Waals surface area contributed by atoms with Crippen LogP contribution in [0, 0.1) is 0 Å². The van der Waals surface area contributed by atoms with Gasteiger partial charge in [-0.3, -0.25) is 14.5 Å². The molecule has 0 aliphatic carbocycles. The van der Waals surface area contributed by atoms with Gasteiger partial charge in [0.05, 0.1) is 19.3 Å². The van der Waals surface area contributed by atoms with Gasteiger partial charge in [-0.2, -0.15) is 4.98 Å². The van der Waals surface area contributed by atoms with Crippen molar-refractivity contribution >= 4 is 35.2 Å². The molecule has 3 heterocycles. The molecular weight excluding hydrogens is 336 g/mol. The van der Waals surface area contributed by atoms with E-state index in [0.29, 0.717) is 49.6 Å². The molecule has 1 saturated heterocycles. The second kappa shape index (κ2) is 6.90. The van der Waals surface area contributed by atoms with E-state index in [-0.39, 0.29) is 18.6 Å². The Morgan fingerprint density at radius 3 is 2.88 bits per heavy atom. The predicted octanol–water partition coefficient (Wildman–Crippen LogP) is 0.807. The number of carbonyl (C=O) groups excluding carboxylic acids is 2. The maximum absolute atomic E-state index is 12.3. The summed E-state index contributed by atoms with van der Waals surface area (Å²) < 4.78 is 10.2. The predicted molar refractivity (Wildman–Crippen MR) is 87.4 cm³/mol. The van der Waals surface area contributed by atoms with E-state index < -0.39 is 5.97 Å². The lowest BCUT2D eigenvalue weighted by molar-refractivity contribution is -0.145. The number of halogens is 1. The van der Waals surface area contributed by atoms with Crippen molar-refractivity contribution in [1.82, 2.24) is 9.97 Å². The fourth-order valence-corrected chi connectivity index (χ4v) is 3.09. The third-order valence-electron chi connectivity index (χ3n) is 4.09. The van der Waals surface area contributed by atoms with Crippen LogP contribution in [0.1, 0.15) is 19.4 Å². The van der Waals surface area contributed by atoms with E-state index in [4.69, 9.17) is 21.1 Å². The van der Waals surface area contributed by atoms with Crippen LogP contribution in [0.3, 0.4) is 0 Å². The van der Waals surface area contributed by atoms with Crippen LogP contribution in [-0.2, 0) is 25.5 Å². The summed E-state index contributed by atoms with van der Waals surface area (Å²) in [6.07, 6.45) is 0.582. The van der Waals surface area contributed by atoms with Gasteiger partial charge in [-0.1, -0.05) is 11.6 Å². The van der Waals surface area contributed by atoms with Crippen molar-refractivity contribution in [2.24, 2.45) is 0 Å². The number of anilines is 2. The lowest BCUT2D eigenvalue weighted by atomic mass is 10.2. The van der Waals surface area contributed by atoms with Crippen LogP contribution in [0.5, 0.6) is 0 Å². The average Bonchev–Trinajstić information content (AvgIpc) is 2.97. The Hall–Kier alpha value is -1.93. The molecule has 2 aliphatic rings. The van der Waals surface area contributed by atoms with Crippen LogP contribution < -0.4 is 9.80 Å². The van der Waals surface area contributed by atoms with Gasteiger partial charge in [0.1, 0.15) is 11.0 Å². The molecule has 130 valence electrons. The van der Waals surface area contributed by atoms with E-state index in [0.717, 1.165) is 5.56 Å². The highest BCUT2D eigenvalue weighted by atomic mass is 35.5. The molecule has 1 aromatic rings. The summed E-state index contributed by atoms with van der Waals surface area (Å²) in [6.45, 7) is 5.28. The molecule has 0 bridgehead atoms. The third-order valence-corrected chi connectivity index (χ3v) is 4.40. The summed E-state index contributed by atoms with van der Waals surface area (Å²) in [5.74, 6) is 0.175. The monoisotopic (exact) mass is 354 g/mol. The Labute approximate surface area is 144 Å². The Balaban J connectivity index is 1.86. The second-order valence-electron chi connectivity index (χ2n) is 5.81. The maximum atomic E-state index is 12.3. The van der Waals surface area contributed by atoms with Crippen LogP contribution in [0.2, 0.25) is 5.15 Å². The Morgan fingerprint density at radius 2 is 2.17 bits per heavy atom. The van der Waals surface area contributed by atoms with Crippen molar-refractivity contribution < 1.29 is 19.1 Å². The first-order chi connectivity index (χ1) is 11.5. The van der Waals surface area contributed by atoms with Crippen molar-refractivity contribution in [3.8, 4) is 0 Å². The van der Waals surface area contributed by atoms with Gasteiger partial charge in [-0.15, -0.1) is 0 Å². The van der Waals surface area contributed by atoms with E-state index in [9.17, 15) is 9.59 Å². The summed E-state index contributed by atoms with van der Waals surface area (Å²) >= 11 is 6.31. The molecule has 24 heavy (non-hydrogen) atoms. The first-order valence-corrected chi connectivity index (χ1v) is 8.19. The number of hydrogen-bond donors (Lipinski definition) is 0. The number of morpholine rings is 1. The van der Waals surface area contributed by atoms with E-state index >= 15 is 0 Å². The van der Waals surface area contributed by atoms with Gasteiger partial charge < -0.3 is 14.4 Å². The van der Waals surface area contributed by atoms with E-state index in [1.54, 1.807) is 0 Å². The lowest BCUT2D eigenvalue weighted by Gasteiger charge is -2.33. The van der Waals surface area contributed by atoms with Crippen LogP contribution in [0.25, 0.3) is 0 Å². The molecule has 1 amide bonds. The lowest BCUT2D eigenvalue weighted by Crippen LogP contribution is -2.44. The van der Waals surface area contributed by atoms with Crippen LogP contribution >= 0.6 is 11.6 Å². The van der Waals surface area contributed by atoms with Gasteiger partial charge >= 0.3 is 5.97 Å². The molecule has 0 saturated carbocycles. The number of aromatic nitrogens is 2. The molecule has 8 nitrogen and oxygen atoms in total. The quantitative estimate of drug-likeness (QED) is 0.586. The summed E-state index contributed by atoms with van der Waals surface area (Å²) in [6, 6.07) is 0.125. The molecule has 0 N–H and O–H groups in total. The molecule has 0 unspecified atom stereocenters. The van der Waals surface area contributed by atoms with Gasteiger partial charge in [0.2, 0.25) is 5.95 Å². The highest BCUT2D eigenvalue weighted by Crippen LogP contribution is 2.33. The number of hydrogen-bond acceptors (Lipinski definition) is 7. The molecule has 2 aliphatic heterocycles. The van der Waals surface area contributed by atoms with Gasteiger partial charge in [0.15, 0.2) is 6.61 Å². The zero-order valence-corrected chi connectivity index (χ0v) is 14.4. The molecule has 0 aromatic carbocycles. The van der Waals surface area contributed by atoms with E-state index in [1.807, 2.05) is 11.8 Å². The average molecular weight is 355 g/mol. The number of fused-ring (bicyclic) bond motifs is 1. The van der Waals surface area contributed by atoms with Gasteiger partial charge in [0.25, 0.3) is 5.91 Å². The molecule has 9 heteroatoms. The minimum absolute atomic E-state index is 0.125. The van der Waals surface area contributed by atoms with Gasteiger partial charge in [-0.25, -0.2) is 4.98 Å². The number of amides is 1. The number of rotatable bonds is 3. The first kappa shape index (κ1) is 16.9. The minimum atomic E-state index is -0.494. The van der Waals surface area contributed by atoms with Crippen molar-refractivity contribution in [2.75, 3.05) is 42.7 Å². The topological polar surface area (TPSA) is 84.9 Å². The highest BCUT2D eigenvalue weighted by Gasteiger charge is 2.32. The third kappa shape index (κ3) is 3.29. The zero-order valence-electron chi connectivity index (χ0n) is 13.6. The number of carbonyl (C=O) groups is 2. The molecule has 0 radical (unpaired) electrons. The normalized spacial score (nSPS) is 20.0. The number of esters is 1. The van der Waals surface area contributed by atoms with Crippen molar-refractivity contribution in [3.05, 3.63) is 10.7 Å². The van der Waals surface area contributed by atoms with Crippen molar-refractivity contribution in [2.45, 2.75) is 26.3 Å². The Morgan fingerprint density at radius 1 is 1.38 bits per heavy atom. The SMILES string of the molecule is CC(=O)OCC(=O)N1CCc2c(Cl)nc(N3CCOC[C@H]3C)nc21. The molecular formula is C15H19ClN4O4. The standard InChI is InChI=1S/C15H19ClN4O4/c1-9-7-23-6-5-19(9)15-17-13(16)11-3-4-20(14(11)18-15)12(22)8-24-10(2)21/h9H,3-8H2,1-2H3/t9-/m1/s1. The second-order valence-corrected chi connectivity index (χ2v) is 6.17. The molecule has 1 atom stereocenters. The first-order valence-electron chi connectivity index (χ1n) is 7.82. The summed E-state index contributed by atoms with van der Waals surface area (Å²) in [4.78, 5) is 35.7. The van der Waals surface area contributed by atoms with Crippen LogP contribution in [0.15, 0.2) is 0 Å². The summed E-state index contributed by atoms with van der Waals surface area (Å²) in [7, 11) is 0. The number of ether oxygens (including phenoxy) is 2. The molecule has 1 fully saturated rings. The van der Waals surface area contributed by atoms with E-state index in [1.165, 1.54) is 11.8 Å². The highest BCUT2D eigenvalue weighted by molar-refractivity contribution is 6.30. The molecule has 0 spiro atoms. The summed E-state index contributed by atoms with van der Waals surface area (Å²) in [5.41, 5.74) is 0.748. The van der Waals surface area contributed by atoms with Gasteiger partial charge in [-0.05, 0) is 13.3 Å². The smallest absolute Gasteiger partial charge is 0.303 e. The summed E-state index contributed by atoms with van der Waals surface area (Å²) in [5, 5.41) is 0.358.